The number of rotatable bonds is 8. The Balaban J connectivity index is 2.91. The number of carbonyl (C=O) groups excluding carboxylic acids is 1. The minimum absolute atomic E-state index is 0.0148. The molecule has 0 saturated heterocycles. The maximum Gasteiger partial charge on any atom is 0.323 e. The van der Waals surface area contributed by atoms with Crippen LogP contribution in [0.1, 0.15) is 39.7 Å². The zero-order chi connectivity index (χ0) is 16.7. The van der Waals surface area contributed by atoms with Crippen LogP contribution < -0.4 is 4.74 Å². The van der Waals surface area contributed by atoms with Crippen LogP contribution in [0.3, 0.4) is 0 Å². The molecule has 5 heteroatoms. The Bertz CT molecular complexity index is 513. The average molecular weight is 307 g/mol. The van der Waals surface area contributed by atoms with Crippen molar-refractivity contribution in [3.05, 3.63) is 29.8 Å². The normalized spacial score (nSPS) is 12.0. The number of nitrogens with zero attached hydrogens (tertiary/aromatic N) is 1. The molecule has 5 nitrogen and oxygen atoms in total. The number of aliphatic carboxylic acids is 1. The van der Waals surface area contributed by atoms with E-state index in [2.05, 4.69) is 0 Å². The summed E-state index contributed by atoms with van der Waals surface area (Å²) in [5, 5.41) is 9.00. The van der Waals surface area contributed by atoms with Crippen LogP contribution >= 0.6 is 0 Å². The van der Waals surface area contributed by atoms with E-state index in [1.165, 1.54) is 4.90 Å². The van der Waals surface area contributed by atoms with E-state index in [0.29, 0.717) is 12.2 Å². The molecular formula is C17H25NO4. The maximum atomic E-state index is 12.5. The Hall–Kier alpha value is -2.04. The van der Waals surface area contributed by atoms with Gasteiger partial charge in [-0.3, -0.25) is 9.59 Å². The fraction of sp³-hybridized carbons (Fsp3) is 0.529. The summed E-state index contributed by atoms with van der Waals surface area (Å²) in [6.07, 6.45) is 0.866. The van der Waals surface area contributed by atoms with E-state index in [1.807, 2.05) is 52.0 Å². The lowest BCUT2D eigenvalue weighted by Crippen LogP contribution is -2.42. The molecular weight excluding hydrogens is 282 g/mol. The minimum Gasteiger partial charge on any atom is -0.491 e. The quantitative estimate of drug-likeness (QED) is 0.802. The molecule has 22 heavy (non-hydrogen) atoms. The first-order valence-electron chi connectivity index (χ1n) is 7.61. The lowest BCUT2D eigenvalue weighted by atomic mass is 10.1. The Morgan fingerprint density at radius 2 is 1.86 bits per heavy atom. The fourth-order valence-electron chi connectivity index (χ4n) is 2.14. The summed E-state index contributed by atoms with van der Waals surface area (Å²) in [4.78, 5) is 24.9. The number of carboxylic acid groups (broad SMARTS) is 1. The second-order valence-corrected chi connectivity index (χ2v) is 5.62. The SMILES string of the molecule is CCC(C)N(CC(=O)O)C(=O)Cc1ccccc1OC(C)C. The molecule has 0 spiro atoms. The van der Waals surface area contributed by atoms with E-state index >= 15 is 0 Å². The largest absolute Gasteiger partial charge is 0.491 e. The first-order valence-corrected chi connectivity index (χ1v) is 7.61. The highest BCUT2D eigenvalue weighted by Gasteiger charge is 2.22. The van der Waals surface area contributed by atoms with Crippen LogP contribution in [-0.4, -0.2) is 40.6 Å². The second-order valence-electron chi connectivity index (χ2n) is 5.62. The Morgan fingerprint density at radius 3 is 2.41 bits per heavy atom. The number of benzene rings is 1. The fourth-order valence-corrected chi connectivity index (χ4v) is 2.14. The summed E-state index contributed by atoms with van der Waals surface area (Å²) in [5.41, 5.74) is 0.778. The molecule has 1 aromatic rings. The Morgan fingerprint density at radius 1 is 1.23 bits per heavy atom. The summed E-state index contributed by atoms with van der Waals surface area (Å²) in [7, 11) is 0. The molecule has 1 aromatic carbocycles. The van der Waals surface area contributed by atoms with Gasteiger partial charge in [-0.2, -0.15) is 0 Å². The summed E-state index contributed by atoms with van der Waals surface area (Å²) in [6, 6.07) is 7.26. The third-order valence-corrected chi connectivity index (χ3v) is 3.43. The molecule has 0 aliphatic carbocycles. The van der Waals surface area contributed by atoms with Crippen molar-refractivity contribution in [2.75, 3.05) is 6.54 Å². The first kappa shape index (κ1) is 18.0. The van der Waals surface area contributed by atoms with Crippen molar-refractivity contribution in [3.8, 4) is 5.75 Å². The number of para-hydroxylation sites is 1. The number of hydrogen-bond donors (Lipinski definition) is 1. The maximum absolute atomic E-state index is 12.5. The van der Waals surface area contributed by atoms with Crippen molar-refractivity contribution in [1.29, 1.82) is 0 Å². The van der Waals surface area contributed by atoms with Gasteiger partial charge in [-0.05, 0) is 33.3 Å². The molecule has 122 valence electrons. The van der Waals surface area contributed by atoms with Crippen LogP contribution in [0.15, 0.2) is 24.3 Å². The molecule has 0 saturated carbocycles. The smallest absolute Gasteiger partial charge is 0.323 e. The predicted octanol–water partition coefficient (Wildman–Crippen LogP) is 2.73. The molecule has 1 atom stereocenters. The van der Waals surface area contributed by atoms with Gasteiger partial charge in [0.15, 0.2) is 0 Å². The van der Waals surface area contributed by atoms with Gasteiger partial charge >= 0.3 is 5.97 Å². The Labute approximate surface area is 131 Å². The van der Waals surface area contributed by atoms with Gasteiger partial charge in [-0.25, -0.2) is 0 Å². The van der Waals surface area contributed by atoms with Gasteiger partial charge in [0, 0.05) is 11.6 Å². The van der Waals surface area contributed by atoms with Crippen LogP contribution in [0.2, 0.25) is 0 Å². The minimum atomic E-state index is -1.000. The number of amides is 1. The molecule has 0 radical (unpaired) electrons. The summed E-state index contributed by atoms with van der Waals surface area (Å²) < 4.78 is 5.71. The highest BCUT2D eigenvalue weighted by Crippen LogP contribution is 2.21. The van der Waals surface area contributed by atoms with Gasteiger partial charge in [0.05, 0.1) is 12.5 Å². The highest BCUT2D eigenvalue weighted by atomic mass is 16.5. The van der Waals surface area contributed by atoms with Gasteiger partial charge in [0.2, 0.25) is 5.91 Å². The molecule has 0 aliphatic heterocycles. The van der Waals surface area contributed by atoms with Crippen molar-refractivity contribution in [3.63, 3.8) is 0 Å². The van der Waals surface area contributed by atoms with Crippen molar-refractivity contribution < 1.29 is 19.4 Å². The standard InChI is InChI=1S/C17H25NO4/c1-5-13(4)18(11-17(20)21)16(19)10-14-8-6-7-9-15(14)22-12(2)3/h6-9,12-13H,5,10-11H2,1-4H3,(H,20,21). The molecule has 0 heterocycles. The van der Waals surface area contributed by atoms with Gasteiger partial charge < -0.3 is 14.7 Å². The number of hydrogen-bond acceptors (Lipinski definition) is 3. The van der Waals surface area contributed by atoms with Crippen LogP contribution in [0.4, 0.5) is 0 Å². The average Bonchev–Trinajstić information content (AvgIpc) is 2.45. The van der Waals surface area contributed by atoms with Crippen LogP contribution in [-0.2, 0) is 16.0 Å². The van der Waals surface area contributed by atoms with Crippen LogP contribution in [0.25, 0.3) is 0 Å². The second kappa shape index (κ2) is 8.41. The molecule has 0 aromatic heterocycles. The van der Waals surface area contributed by atoms with Crippen molar-refractivity contribution in [2.45, 2.75) is 52.7 Å². The molecule has 1 unspecified atom stereocenters. The lowest BCUT2D eigenvalue weighted by Gasteiger charge is -2.27. The van der Waals surface area contributed by atoms with E-state index < -0.39 is 5.97 Å². The van der Waals surface area contributed by atoms with Crippen LogP contribution in [0.5, 0.6) is 5.75 Å². The third-order valence-electron chi connectivity index (χ3n) is 3.43. The van der Waals surface area contributed by atoms with Gasteiger partial charge in [0.1, 0.15) is 12.3 Å². The Kier molecular flexibility index (Phi) is 6.89. The molecule has 0 fully saturated rings. The van der Waals surface area contributed by atoms with E-state index in [9.17, 15) is 9.59 Å². The molecule has 1 amide bonds. The summed E-state index contributed by atoms with van der Waals surface area (Å²) in [5.74, 6) is -0.526. The van der Waals surface area contributed by atoms with E-state index in [0.717, 1.165) is 5.56 Å². The lowest BCUT2D eigenvalue weighted by molar-refractivity contribution is -0.145. The topological polar surface area (TPSA) is 66.8 Å². The van der Waals surface area contributed by atoms with Crippen molar-refractivity contribution in [1.82, 2.24) is 4.90 Å². The van der Waals surface area contributed by atoms with E-state index in [-0.39, 0.29) is 31.0 Å². The first-order chi connectivity index (χ1) is 10.3. The van der Waals surface area contributed by atoms with Crippen LogP contribution in [0, 0.1) is 0 Å². The highest BCUT2D eigenvalue weighted by molar-refractivity contribution is 5.83. The van der Waals surface area contributed by atoms with E-state index in [1.54, 1.807) is 0 Å². The number of carboxylic acids is 1. The molecule has 0 bridgehead atoms. The van der Waals surface area contributed by atoms with Gasteiger partial charge in [0.25, 0.3) is 0 Å². The zero-order valence-electron chi connectivity index (χ0n) is 13.7. The van der Waals surface area contributed by atoms with Gasteiger partial charge in [-0.1, -0.05) is 25.1 Å². The molecule has 1 rings (SSSR count). The third kappa shape index (κ3) is 5.39. The van der Waals surface area contributed by atoms with Crippen molar-refractivity contribution >= 4 is 11.9 Å². The molecule has 0 aliphatic rings. The zero-order valence-corrected chi connectivity index (χ0v) is 13.7. The van der Waals surface area contributed by atoms with E-state index in [4.69, 9.17) is 9.84 Å². The predicted molar refractivity (Wildman–Crippen MR) is 85.0 cm³/mol. The molecule has 1 N–H and O–H groups in total. The number of ether oxygens (including phenoxy) is 1. The number of carbonyl (C=O) groups is 2. The summed E-state index contributed by atoms with van der Waals surface area (Å²) in [6.45, 7) is 7.37. The monoisotopic (exact) mass is 307 g/mol. The van der Waals surface area contributed by atoms with Gasteiger partial charge in [-0.15, -0.1) is 0 Å². The summed E-state index contributed by atoms with van der Waals surface area (Å²) >= 11 is 0. The van der Waals surface area contributed by atoms with Crippen molar-refractivity contribution in [2.24, 2.45) is 0 Å².